The van der Waals surface area contributed by atoms with Crippen molar-refractivity contribution in [2.45, 2.75) is 31.1 Å². The molecule has 0 saturated carbocycles. The molecule has 0 aromatic rings. The topological polar surface area (TPSA) is 58.6 Å². The van der Waals surface area contributed by atoms with E-state index in [1.165, 1.54) is 11.8 Å². The number of carbonyl (C=O) groups is 1. The van der Waals surface area contributed by atoms with E-state index in [-0.39, 0.29) is 36.8 Å². The summed E-state index contributed by atoms with van der Waals surface area (Å²) in [7, 11) is 0. The molecule has 0 fully saturated rings. The third-order valence-electron chi connectivity index (χ3n) is 2.15. The number of aliphatic hydroxyl groups excluding tert-OH is 1. The van der Waals surface area contributed by atoms with Crippen LogP contribution in [0.25, 0.3) is 0 Å². The van der Waals surface area contributed by atoms with Gasteiger partial charge in [-0.05, 0) is 13.2 Å². The van der Waals surface area contributed by atoms with Crippen LogP contribution in [-0.4, -0.2) is 54.8 Å². The fourth-order valence-electron chi connectivity index (χ4n) is 1.19. The van der Waals surface area contributed by atoms with E-state index in [0.29, 0.717) is 0 Å². The summed E-state index contributed by atoms with van der Waals surface area (Å²) in [5.41, 5.74) is 0. The van der Waals surface area contributed by atoms with Crippen LogP contribution < -0.4 is 5.32 Å². The van der Waals surface area contributed by atoms with Crippen molar-refractivity contribution in [2.75, 3.05) is 26.1 Å². The molecule has 4 nitrogen and oxygen atoms in total. The van der Waals surface area contributed by atoms with E-state index in [0.717, 1.165) is 0 Å². The molecule has 0 aliphatic carbocycles. The van der Waals surface area contributed by atoms with Gasteiger partial charge in [0, 0.05) is 17.7 Å². The molecular formula is C10H19F2NO3S. The van der Waals surface area contributed by atoms with Crippen molar-refractivity contribution in [3.63, 3.8) is 0 Å². The quantitative estimate of drug-likeness (QED) is 0.611. The molecule has 0 aromatic heterocycles. The Morgan fingerprint density at radius 1 is 1.53 bits per heavy atom. The number of rotatable bonds is 9. The second-order valence-electron chi connectivity index (χ2n) is 3.53. The number of hydrogen-bond donors (Lipinski definition) is 2. The van der Waals surface area contributed by atoms with Crippen molar-refractivity contribution < 1.29 is 23.4 Å². The van der Waals surface area contributed by atoms with Gasteiger partial charge in [0.2, 0.25) is 5.91 Å². The molecule has 2 atom stereocenters. The molecule has 0 aliphatic heterocycles. The lowest BCUT2D eigenvalue weighted by molar-refractivity contribution is -0.123. The molecule has 0 saturated heterocycles. The van der Waals surface area contributed by atoms with Crippen LogP contribution in [0.15, 0.2) is 0 Å². The molecule has 0 bridgehead atoms. The first-order chi connectivity index (χ1) is 8.01. The van der Waals surface area contributed by atoms with Gasteiger partial charge in [-0.1, -0.05) is 0 Å². The number of halogens is 2. The molecule has 0 rings (SSSR count). The van der Waals surface area contributed by atoms with Crippen LogP contribution in [0.1, 0.15) is 13.3 Å². The number of nitrogens with one attached hydrogen (secondary N) is 1. The summed E-state index contributed by atoms with van der Waals surface area (Å²) in [6.45, 7) is 1.10. The lowest BCUT2D eigenvalue weighted by atomic mass is 10.2. The van der Waals surface area contributed by atoms with E-state index in [4.69, 9.17) is 5.11 Å². The smallest absolute Gasteiger partial charge is 0.261 e. The number of ether oxygens (including phenoxy) is 1. The van der Waals surface area contributed by atoms with Crippen LogP contribution in [-0.2, 0) is 9.53 Å². The van der Waals surface area contributed by atoms with Crippen LogP contribution in [0.5, 0.6) is 0 Å². The van der Waals surface area contributed by atoms with E-state index in [1.807, 2.05) is 6.26 Å². The van der Waals surface area contributed by atoms with Gasteiger partial charge in [0.25, 0.3) is 6.43 Å². The first kappa shape index (κ1) is 16.6. The van der Waals surface area contributed by atoms with Crippen LogP contribution >= 0.6 is 11.8 Å². The van der Waals surface area contributed by atoms with E-state index in [1.54, 1.807) is 6.92 Å². The maximum Gasteiger partial charge on any atom is 0.261 e. The fraction of sp³-hybridized carbons (Fsp3) is 0.900. The number of thioether (sulfide) groups is 1. The molecule has 0 aliphatic rings. The molecule has 0 aromatic carbocycles. The summed E-state index contributed by atoms with van der Waals surface area (Å²) < 4.78 is 28.0. The molecule has 2 unspecified atom stereocenters. The highest BCUT2D eigenvalue weighted by Gasteiger charge is 2.17. The van der Waals surface area contributed by atoms with Crippen molar-refractivity contribution in [1.82, 2.24) is 5.32 Å². The summed E-state index contributed by atoms with van der Waals surface area (Å²) in [5.74, 6) is -0.265. The Labute approximate surface area is 104 Å². The van der Waals surface area contributed by atoms with E-state index < -0.39 is 13.0 Å². The van der Waals surface area contributed by atoms with E-state index >= 15 is 0 Å². The van der Waals surface area contributed by atoms with Crippen molar-refractivity contribution in [1.29, 1.82) is 0 Å². The molecule has 2 N–H and O–H groups in total. The number of aliphatic hydroxyl groups is 1. The third-order valence-corrected chi connectivity index (χ3v) is 3.31. The Bertz CT molecular complexity index is 216. The predicted octanol–water partition coefficient (Wildman–Crippen LogP) is 0.887. The fourth-order valence-corrected chi connectivity index (χ4v) is 1.82. The van der Waals surface area contributed by atoms with E-state index in [9.17, 15) is 13.6 Å². The minimum atomic E-state index is -2.51. The minimum Gasteiger partial charge on any atom is -0.395 e. The Balaban J connectivity index is 3.70. The lowest BCUT2D eigenvalue weighted by Gasteiger charge is -2.21. The van der Waals surface area contributed by atoms with Gasteiger partial charge in [-0.2, -0.15) is 11.8 Å². The van der Waals surface area contributed by atoms with Gasteiger partial charge in [0.1, 0.15) is 6.61 Å². The summed E-state index contributed by atoms with van der Waals surface area (Å²) in [4.78, 5) is 11.4. The van der Waals surface area contributed by atoms with Crippen LogP contribution in [0.2, 0.25) is 0 Å². The number of amides is 1. The van der Waals surface area contributed by atoms with Crippen LogP contribution in [0.4, 0.5) is 8.78 Å². The Morgan fingerprint density at radius 3 is 2.65 bits per heavy atom. The van der Waals surface area contributed by atoms with Crippen molar-refractivity contribution in [3.8, 4) is 0 Å². The maximum absolute atomic E-state index is 11.7. The van der Waals surface area contributed by atoms with Gasteiger partial charge in [-0.25, -0.2) is 8.78 Å². The average molecular weight is 271 g/mol. The molecule has 0 radical (unpaired) electrons. The SMILES string of the molecule is CSC(CO)C(C)NC(=O)CCOCC(F)F. The molecule has 0 spiro atoms. The zero-order valence-electron chi connectivity index (χ0n) is 9.99. The molecule has 102 valence electrons. The van der Waals surface area contributed by atoms with Gasteiger partial charge in [-0.3, -0.25) is 4.79 Å². The predicted molar refractivity (Wildman–Crippen MR) is 63.4 cm³/mol. The summed E-state index contributed by atoms with van der Waals surface area (Å²) >= 11 is 1.46. The third kappa shape index (κ3) is 8.34. The second kappa shape index (κ2) is 9.61. The Kier molecular flexibility index (Phi) is 9.39. The van der Waals surface area contributed by atoms with Gasteiger partial charge in [0.05, 0.1) is 13.2 Å². The normalized spacial score (nSPS) is 14.7. The van der Waals surface area contributed by atoms with Crippen molar-refractivity contribution in [3.05, 3.63) is 0 Å². The number of hydrogen-bond acceptors (Lipinski definition) is 4. The van der Waals surface area contributed by atoms with Gasteiger partial charge >= 0.3 is 0 Å². The molecular weight excluding hydrogens is 252 g/mol. The highest BCUT2D eigenvalue weighted by molar-refractivity contribution is 7.99. The van der Waals surface area contributed by atoms with Crippen LogP contribution in [0.3, 0.4) is 0 Å². The molecule has 0 heterocycles. The highest BCUT2D eigenvalue weighted by atomic mass is 32.2. The monoisotopic (exact) mass is 271 g/mol. The molecule has 1 amide bonds. The number of alkyl halides is 2. The van der Waals surface area contributed by atoms with Gasteiger partial charge < -0.3 is 15.2 Å². The number of carbonyl (C=O) groups excluding carboxylic acids is 1. The van der Waals surface area contributed by atoms with Crippen molar-refractivity contribution >= 4 is 17.7 Å². The minimum absolute atomic E-state index is 0.0219. The lowest BCUT2D eigenvalue weighted by Crippen LogP contribution is -2.41. The first-order valence-electron chi connectivity index (χ1n) is 5.30. The average Bonchev–Trinajstić information content (AvgIpc) is 2.25. The maximum atomic E-state index is 11.7. The Hall–Kier alpha value is -0.400. The summed E-state index contributed by atoms with van der Waals surface area (Å²) in [6, 6.07) is -0.169. The standard InChI is InChI=1S/C10H19F2NO3S/c1-7(8(5-14)17-2)13-10(15)3-4-16-6-9(11)12/h7-9,14H,3-6H2,1-2H3,(H,13,15). The highest BCUT2D eigenvalue weighted by Crippen LogP contribution is 2.10. The first-order valence-corrected chi connectivity index (χ1v) is 6.59. The van der Waals surface area contributed by atoms with Gasteiger partial charge in [-0.15, -0.1) is 0 Å². The largest absolute Gasteiger partial charge is 0.395 e. The van der Waals surface area contributed by atoms with Crippen LogP contribution in [0, 0.1) is 0 Å². The zero-order valence-corrected chi connectivity index (χ0v) is 10.8. The Morgan fingerprint density at radius 2 is 2.18 bits per heavy atom. The molecule has 17 heavy (non-hydrogen) atoms. The second-order valence-corrected chi connectivity index (χ2v) is 4.61. The van der Waals surface area contributed by atoms with Gasteiger partial charge in [0.15, 0.2) is 0 Å². The summed E-state index contributed by atoms with van der Waals surface area (Å²) in [5, 5.41) is 11.6. The van der Waals surface area contributed by atoms with Crippen molar-refractivity contribution in [2.24, 2.45) is 0 Å². The van der Waals surface area contributed by atoms with E-state index in [2.05, 4.69) is 10.1 Å². The zero-order chi connectivity index (χ0) is 13.3. The molecule has 7 heteroatoms. The summed E-state index contributed by atoms with van der Waals surface area (Å²) in [6.07, 6.45) is -0.619.